The summed E-state index contributed by atoms with van der Waals surface area (Å²) in [7, 11) is 0. The summed E-state index contributed by atoms with van der Waals surface area (Å²) in [6.07, 6.45) is 8.40. The van der Waals surface area contributed by atoms with Gasteiger partial charge < -0.3 is 14.4 Å². The number of halogens is 2. The van der Waals surface area contributed by atoms with Crippen LogP contribution in [0.25, 0.3) is 11.0 Å². The summed E-state index contributed by atoms with van der Waals surface area (Å²) >= 11 is 6.33. The van der Waals surface area contributed by atoms with E-state index < -0.39 is 0 Å². The summed E-state index contributed by atoms with van der Waals surface area (Å²) in [5.41, 5.74) is 1.85. The van der Waals surface area contributed by atoms with Crippen LogP contribution >= 0.6 is 11.6 Å². The number of piperidine rings is 2. The van der Waals surface area contributed by atoms with Gasteiger partial charge in [0.05, 0.1) is 5.39 Å². The number of aromatic nitrogens is 3. The van der Waals surface area contributed by atoms with E-state index in [4.69, 9.17) is 11.6 Å². The first-order chi connectivity index (χ1) is 14.7. The SMILES string of the molecule is Fc1ccc(Cn2ccc3c(N4CCC(N5CCCCC5)CC4)nc(Cl)nc32)cc1. The smallest absolute Gasteiger partial charge is 0.226 e. The van der Waals surface area contributed by atoms with Crippen LogP contribution in [-0.2, 0) is 6.54 Å². The molecule has 2 saturated heterocycles. The van der Waals surface area contributed by atoms with Crippen molar-refractivity contribution in [3.05, 3.63) is 53.2 Å². The second-order valence-corrected chi connectivity index (χ2v) is 8.78. The van der Waals surface area contributed by atoms with Crippen LogP contribution in [0.4, 0.5) is 10.2 Å². The van der Waals surface area contributed by atoms with Gasteiger partial charge in [-0.1, -0.05) is 18.6 Å². The van der Waals surface area contributed by atoms with Gasteiger partial charge in [0.25, 0.3) is 0 Å². The van der Waals surface area contributed by atoms with Crippen LogP contribution in [0.3, 0.4) is 0 Å². The Hall–Kier alpha value is -2.18. The number of likely N-dealkylation sites (tertiary alicyclic amines) is 1. The average molecular weight is 428 g/mol. The van der Waals surface area contributed by atoms with Crippen molar-refractivity contribution < 1.29 is 4.39 Å². The highest BCUT2D eigenvalue weighted by Crippen LogP contribution is 2.30. The predicted octanol–water partition coefficient (Wildman–Crippen LogP) is 4.73. The Morgan fingerprint density at radius 1 is 0.933 bits per heavy atom. The van der Waals surface area contributed by atoms with Crippen molar-refractivity contribution in [1.82, 2.24) is 19.4 Å². The number of hydrogen-bond acceptors (Lipinski definition) is 4. The molecule has 0 amide bonds. The Balaban J connectivity index is 1.36. The molecule has 0 atom stereocenters. The summed E-state index contributed by atoms with van der Waals surface area (Å²) in [6.45, 7) is 5.11. The van der Waals surface area contributed by atoms with Crippen molar-refractivity contribution in [2.45, 2.75) is 44.7 Å². The van der Waals surface area contributed by atoms with Crippen molar-refractivity contribution >= 4 is 28.5 Å². The lowest BCUT2D eigenvalue weighted by atomic mass is 10.00. The van der Waals surface area contributed by atoms with Crippen LogP contribution in [0, 0.1) is 5.82 Å². The minimum atomic E-state index is -0.225. The maximum absolute atomic E-state index is 13.2. The highest BCUT2D eigenvalue weighted by atomic mass is 35.5. The molecule has 2 aromatic heterocycles. The van der Waals surface area contributed by atoms with Crippen molar-refractivity contribution in [1.29, 1.82) is 0 Å². The van der Waals surface area contributed by atoms with E-state index in [9.17, 15) is 4.39 Å². The van der Waals surface area contributed by atoms with Gasteiger partial charge in [-0.2, -0.15) is 9.97 Å². The molecule has 0 radical (unpaired) electrons. The Morgan fingerprint density at radius 3 is 2.40 bits per heavy atom. The lowest BCUT2D eigenvalue weighted by Crippen LogP contribution is -2.47. The topological polar surface area (TPSA) is 37.2 Å². The number of benzene rings is 1. The molecule has 0 unspecified atom stereocenters. The van der Waals surface area contributed by atoms with Gasteiger partial charge in [0, 0.05) is 31.9 Å². The van der Waals surface area contributed by atoms with Gasteiger partial charge in [-0.15, -0.1) is 0 Å². The Morgan fingerprint density at radius 2 is 1.67 bits per heavy atom. The zero-order chi connectivity index (χ0) is 20.5. The van der Waals surface area contributed by atoms with Gasteiger partial charge in [0.2, 0.25) is 5.28 Å². The molecule has 3 aromatic rings. The first-order valence-corrected chi connectivity index (χ1v) is 11.3. The number of hydrogen-bond donors (Lipinski definition) is 0. The summed E-state index contributed by atoms with van der Waals surface area (Å²) in [5, 5.41) is 1.30. The number of fused-ring (bicyclic) bond motifs is 1. The molecular formula is C23H27ClFN5. The highest BCUT2D eigenvalue weighted by molar-refractivity contribution is 6.28. The molecule has 4 heterocycles. The molecule has 5 nitrogen and oxygen atoms in total. The summed E-state index contributed by atoms with van der Waals surface area (Å²) in [6, 6.07) is 9.34. The van der Waals surface area contributed by atoms with Crippen molar-refractivity contribution in [3.63, 3.8) is 0 Å². The zero-order valence-electron chi connectivity index (χ0n) is 17.1. The molecule has 0 N–H and O–H groups in total. The lowest BCUT2D eigenvalue weighted by molar-refractivity contribution is 0.141. The van der Waals surface area contributed by atoms with E-state index >= 15 is 0 Å². The number of anilines is 1. The van der Waals surface area contributed by atoms with E-state index in [-0.39, 0.29) is 11.1 Å². The van der Waals surface area contributed by atoms with E-state index in [2.05, 4.69) is 30.4 Å². The molecule has 5 rings (SSSR count). The summed E-state index contributed by atoms with van der Waals surface area (Å²) < 4.78 is 15.3. The minimum Gasteiger partial charge on any atom is -0.356 e. The first-order valence-electron chi connectivity index (χ1n) is 10.9. The standard InChI is InChI=1S/C23H27ClFN5/c24-23-26-21(29-13-8-19(9-14-29)28-11-2-1-3-12-28)20-10-15-30(22(20)27-23)16-17-4-6-18(25)7-5-17/h4-7,10,15,19H,1-3,8-9,11-14,16H2. The van der Waals surface area contributed by atoms with E-state index in [0.717, 1.165) is 35.5 Å². The molecule has 7 heteroatoms. The fraction of sp³-hybridized carbons (Fsp3) is 0.478. The van der Waals surface area contributed by atoms with Crippen LogP contribution in [0.2, 0.25) is 5.28 Å². The third-order valence-corrected chi connectivity index (χ3v) is 6.68. The summed E-state index contributed by atoms with van der Waals surface area (Å²) in [4.78, 5) is 14.1. The van der Waals surface area contributed by atoms with E-state index in [1.54, 1.807) is 12.1 Å². The van der Waals surface area contributed by atoms with Crippen molar-refractivity contribution in [2.75, 3.05) is 31.1 Å². The second kappa shape index (κ2) is 8.52. The van der Waals surface area contributed by atoms with Gasteiger partial charge >= 0.3 is 0 Å². The monoisotopic (exact) mass is 427 g/mol. The lowest BCUT2D eigenvalue weighted by Gasteiger charge is -2.40. The molecule has 0 spiro atoms. The van der Waals surface area contributed by atoms with Gasteiger partial charge in [-0.25, -0.2) is 4.39 Å². The molecule has 0 aliphatic carbocycles. The maximum Gasteiger partial charge on any atom is 0.226 e. The third-order valence-electron chi connectivity index (χ3n) is 6.51. The number of nitrogens with zero attached hydrogens (tertiary/aromatic N) is 5. The molecule has 2 fully saturated rings. The molecular weight excluding hydrogens is 401 g/mol. The maximum atomic E-state index is 13.2. The number of rotatable bonds is 4. The van der Waals surface area contributed by atoms with Gasteiger partial charge in [0.1, 0.15) is 17.3 Å². The summed E-state index contributed by atoms with van der Waals surface area (Å²) in [5.74, 6) is 0.705. The fourth-order valence-electron chi connectivity index (χ4n) is 4.90. The molecule has 30 heavy (non-hydrogen) atoms. The van der Waals surface area contributed by atoms with Gasteiger partial charge in [-0.05, 0) is 74.1 Å². The van der Waals surface area contributed by atoms with E-state index in [1.165, 1.54) is 57.3 Å². The van der Waals surface area contributed by atoms with Crippen LogP contribution in [0.5, 0.6) is 0 Å². The minimum absolute atomic E-state index is 0.225. The van der Waals surface area contributed by atoms with Crippen LogP contribution in [0.15, 0.2) is 36.5 Å². The second-order valence-electron chi connectivity index (χ2n) is 8.44. The Kier molecular flexibility index (Phi) is 5.61. The van der Waals surface area contributed by atoms with Gasteiger partial charge in [-0.3, -0.25) is 0 Å². The Labute approximate surface area is 181 Å². The largest absolute Gasteiger partial charge is 0.356 e. The predicted molar refractivity (Wildman–Crippen MR) is 119 cm³/mol. The first kappa shape index (κ1) is 19.8. The quantitative estimate of drug-likeness (QED) is 0.564. The van der Waals surface area contributed by atoms with Crippen LogP contribution in [0.1, 0.15) is 37.7 Å². The Bertz CT molecular complexity index is 1000. The molecule has 158 valence electrons. The molecule has 0 bridgehead atoms. The normalized spacial score (nSPS) is 18.9. The van der Waals surface area contributed by atoms with E-state index in [0.29, 0.717) is 12.6 Å². The van der Waals surface area contributed by atoms with E-state index in [1.807, 2.05) is 6.20 Å². The molecule has 1 aromatic carbocycles. The zero-order valence-corrected chi connectivity index (χ0v) is 17.9. The molecule has 2 aliphatic rings. The van der Waals surface area contributed by atoms with Gasteiger partial charge in [0.15, 0.2) is 0 Å². The average Bonchev–Trinajstić information content (AvgIpc) is 3.18. The fourth-order valence-corrected chi connectivity index (χ4v) is 5.06. The van der Waals surface area contributed by atoms with Crippen LogP contribution in [-0.4, -0.2) is 51.7 Å². The third kappa shape index (κ3) is 4.03. The van der Waals surface area contributed by atoms with Crippen LogP contribution < -0.4 is 4.90 Å². The van der Waals surface area contributed by atoms with Crippen molar-refractivity contribution in [2.24, 2.45) is 0 Å². The van der Waals surface area contributed by atoms with Crippen molar-refractivity contribution in [3.8, 4) is 0 Å². The highest BCUT2D eigenvalue weighted by Gasteiger charge is 2.27. The molecule has 0 saturated carbocycles. The molecule has 2 aliphatic heterocycles.